The van der Waals surface area contributed by atoms with Crippen molar-refractivity contribution >= 4 is 5.97 Å². The van der Waals surface area contributed by atoms with Gasteiger partial charge in [0.25, 0.3) is 0 Å². The Morgan fingerprint density at radius 3 is 2.47 bits per heavy atom. The second-order valence-electron chi connectivity index (χ2n) is 5.72. The van der Waals surface area contributed by atoms with Gasteiger partial charge in [0.15, 0.2) is 0 Å². The van der Waals surface area contributed by atoms with E-state index in [1.165, 1.54) is 24.8 Å². The lowest BCUT2D eigenvalue weighted by Gasteiger charge is -2.36. The molecular weight excluding hydrogens is 238 g/mol. The predicted molar refractivity (Wildman–Crippen MR) is 75.9 cm³/mol. The van der Waals surface area contributed by atoms with E-state index in [2.05, 4.69) is 17.4 Å². The number of nitrogens with one attached hydrogen (secondary N) is 1. The van der Waals surface area contributed by atoms with Gasteiger partial charge in [0.1, 0.15) is 0 Å². The molecule has 2 rings (SSSR count). The molecule has 3 nitrogen and oxygen atoms in total. The maximum Gasteiger partial charge on any atom is 0.303 e. The average molecular weight is 261 g/mol. The molecule has 3 heteroatoms. The van der Waals surface area contributed by atoms with Crippen LogP contribution in [0.1, 0.15) is 44.1 Å². The Kier molecular flexibility index (Phi) is 4.97. The standard InChI is InChI=1S/C16H23NO2/c18-15(19)11-16(9-5-2-6-10-16)13-17-12-14-7-3-1-4-8-14/h1,3-4,7-8,17H,2,5-6,9-13H2,(H,18,19). The average Bonchev–Trinajstić information content (AvgIpc) is 2.40. The minimum atomic E-state index is -0.664. The van der Waals surface area contributed by atoms with Crippen LogP contribution >= 0.6 is 0 Å². The van der Waals surface area contributed by atoms with Gasteiger partial charge in [-0.1, -0.05) is 49.6 Å². The number of rotatable bonds is 6. The Morgan fingerprint density at radius 1 is 1.16 bits per heavy atom. The van der Waals surface area contributed by atoms with Crippen molar-refractivity contribution < 1.29 is 9.90 Å². The predicted octanol–water partition coefficient (Wildman–Crippen LogP) is 3.20. The number of carboxylic acids is 1. The summed E-state index contributed by atoms with van der Waals surface area (Å²) in [6.07, 6.45) is 5.97. The zero-order valence-electron chi connectivity index (χ0n) is 11.4. The molecule has 19 heavy (non-hydrogen) atoms. The molecule has 104 valence electrons. The van der Waals surface area contributed by atoms with Gasteiger partial charge in [-0.3, -0.25) is 4.79 Å². The van der Waals surface area contributed by atoms with Crippen LogP contribution in [0.25, 0.3) is 0 Å². The molecule has 0 heterocycles. The Morgan fingerprint density at radius 2 is 1.84 bits per heavy atom. The van der Waals surface area contributed by atoms with Crippen LogP contribution in [0.2, 0.25) is 0 Å². The Balaban J connectivity index is 1.87. The highest BCUT2D eigenvalue weighted by Gasteiger charge is 2.33. The molecule has 1 aromatic carbocycles. The second kappa shape index (κ2) is 6.71. The molecule has 0 aromatic heterocycles. The zero-order valence-corrected chi connectivity index (χ0v) is 11.4. The van der Waals surface area contributed by atoms with E-state index in [1.54, 1.807) is 0 Å². The summed E-state index contributed by atoms with van der Waals surface area (Å²) in [7, 11) is 0. The topological polar surface area (TPSA) is 49.3 Å². The van der Waals surface area contributed by atoms with E-state index in [-0.39, 0.29) is 5.41 Å². The van der Waals surface area contributed by atoms with Gasteiger partial charge in [-0.15, -0.1) is 0 Å². The maximum atomic E-state index is 11.1. The minimum Gasteiger partial charge on any atom is -0.481 e. The molecule has 1 saturated carbocycles. The van der Waals surface area contributed by atoms with Crippen LogP contribution in [-0.2, 0) is 11.3 Å². The van der Waals surface area contributed by atoms with Crippen molar-refractivity contribution in [3.05, 3.63) is 35.9 Å². The summed E-state index contributed by atoms with van der Waals surface area (Å²) < 4.78 is 0. The number of carboxylic acid groups (broad SMARTS) is 1. The zero-order chi connectivity index (χ0) is 13.6. The molecule has 0 radical (unpaired) electrons. The molecule has 1 aromatic rings. The molecule has 1 aliphatic rings. The Labute approximate surface area is 115 Å². The largest absolute Gasteiger partial charge is 0.481 e. The summed E-state index contributed by atoms with van der Waals surface area (Å²) >= 11 is 0. The lowest BCUT2D eigenvalue weighted by Crippen LogP contribution is -2.37. The van der Waals surface area contributed by atoms with Crippen LogP contribution in [0.5, 0.6) is 0 Å². The van der Waals surface area contributed by atoms with Crippen molar-refractivity contribution in [2.24, 2.45) is 5.41 Å². The third-order valence-corrected chi connectivity index (χ3v) is 4.11. The van der Waals surface area contributed by atoms with Crippen molar-refractivity contribution in [2.45, 2.75) is 45.1 Å². The number of hydrogen-bond donors (Lipinski definition) is 2. The van der Waals surface area contributed by atoms with Crippen molar-refractivity contribution in [1.82, 2.24) is 5.32 Å². The van der Waals surface area contributed by atoms with Crippen LogP contribution in [0, 0.1) is 5.41 Å². The van der Waals surface area contributed by atoms with E-state index in [1.807, 2.05) is 18.2 Å². The van der Waals surface area contributed by atoms with E-state index in [9.17, 15) is 4.79 Å². The van der Waals surface area contributed by atoms with Crippen LogP contribution < -0.4 is 5.32 Å². The molecule has 0 spiro atoms. The van der Waals surface area contributed by atoms with Gasteiger partial charge in [-0.2, -0.15) is 0 Å². The van der Waals surface area contributed by atoms with Crippen LogP contribution in [0.4, 0.5) is 0 Å². The van der Waals surface area contributed by atoms with Gasteiger partial charge in [0, 0.05) is 13.1 Å². The summed E-state index contributed by atoms with van der Waals surface area (Å²) in [6.45, 7) is 1.64. The van der Waals surface area contributed by atoms with E-state index in [4.69, 9.17) is 5.11 Å². The van der Waals surface area contributed by atoms with Crippen molar-refractivity contribution in [1.29, 1.82) is 0 Å². The first-order valence-electron chi connectivity index (χ1n) is 7.17. The van der Waals surface area contributed by atoms with Gasteiger partial charge < -0.3 is 10.4 Å². The molecule has 0 saturated heterocycles. The van der Waals surface area contributed by atoms with Gasteiger partial charge in [0.2, 0.25) is 0 Å². The number of benzene rings is 1. The first kappa shape index (κ1) is 14.1. The van der Waals surface area contributed by atoms with Gasteiger partial charge in [-0.25, -0.2) is 0 Å². The minimum absolute atomic E-state index is 0.0289. The van der Waals surface area contributed by atoms with Gasteiger partial charge in [-0.05, 0) is 23.8 Å². The summed E-state index contributed by atoms with van der Waals surface area (Å²) in [4.78, 5) is 11.1. The van der Waals surface area contributed by atoms with Crippen molar-refractivity contribution in [3.63, 3.8) is 0 Å². The molecule has 0 amide bonds. The molecule has 0 unspecified atom stereocenters. The highest BCUT2D eigenvalue weighted by atomic mass is 16.4. The fourth-order valence-electron chi connectivity index (χ4n) is 3.11. The van der Waals surface area contributed by atoms with E-state index < -0.39 is 5.97 Å². The first-order valence-corrected chi connectivity index (χ1v) is 7.17. The third kappa shape index (κ3) is 4.35. The van der Waals surface area contributed by atoms with E-state index >= 15 is 0 Å². The van der Waals surface area contributed by atoms with Crippen LogP contribution in [-0.4, -0.2) is 17.6 Å². The van der Waals surface area contributed by atoms with E-state index in [0.29, 0.717) is 6.42 Å². The Hall–Kier alpha value is -1.35. The lowest BCUT2D eigenvalue weighted by atomic mass is 9.71. The SMILES string of the molecule is O=C(O)CC1(CNCc2ccccc2)CCCCC1. The highest BCUT2D eigenvalue weighted by Crippen LogP contribution is 2.38. The molecule has 0 bridgehead atoms. The number of hydrogen-bond acceptors (Lipinski definition) is 2. The molecule has 1 aliphatic carbocycles. The molecule has 0 aliphatic heterocycles. The normalized spacial score (nSPS) is 18.1. The van der Waals surface area contributed by atoms with Gasteiger partial charge >= 0.3 is 5.97 Å². The molecule has 1 fully saturated rings. The summed E-state index contributed by atoms with van der Waals surface area (Å²) in [5, 5.41) is 12.6. The molecule has 2 N–H and O–H groups in total. The number of carbonyl (C=O) groups is 1. The molecule has 0 atom stereocenters. The van der Waals surface area contributed by atoms with Crippen LogP contribution in [0.15, 0.2) is 30.3 Å². The number of aliphatic carboxylic acids is 1. The third-order valence-electron chi connectivity index (χ3n) is 4.11. The monoisotopic (exact) mass is 261 g/mol. The summed E-state index contributed by atoms with van der Waals surface area (Å²) in [5.41, 5.74) is 1.22. The molecular formula is C16H23NO2. The smallest absolute Gasteiger partial charge is 0.303 e. The Bertz CT molecular complexity index is 396. The maximum absolute atomic E-state index is 11.1. The van der Waals surface area contributed by atoms with Crippen molar-refractivity contribution in [3.8, 4) is 0 Å². The summed E-state index contributed by atoms with van der Waals surface area (Å²) in [5.74, 6) is -0.664. The van der Waals surface area contributed by atoms with Crippen LogP contribution in [0.3, 0.4) is 0 Å². The first-order chi connectivity index (χ1) is 9.20. The highest BCUT2D eigenvalue weighted by molar-refractivity contribution is 5.67. The fourth-order valence-corrected chi connectivity index (χ4v) is 3.11. The fraction of sp³-hybridized carbons (Fsp3) is 0.562. The lowest BCUT2D eigenvalue weighted by molar-refractivity contribution is -0.140. The van der Waals surface area contributed by atoms with Crippen molar-refractivity contribution in [2.75, 3.05) is 6.54 Å². The van der Waals surface area contributed by atoms with Gasteiger partial charge in [0.05, 0.1) is 6.42 Å². The summed E-state index contributed by atoms with van der Waals surface area (Å²) in [6, 6.07) is 10.3. The second-order valence-corrected chi connectivity index (χ2v) is 5.72. The van der Waals surface area contributed by atoms with E-state index in [0.717, 1.165) is 25.9 Å². The quantitative estimate of drug-likeness (QED) is 0.826.